The molecule has 0 atom stereocenters. The number of nitrogens with zero attached hydrogens (tertiary/aromatic N) is 4. The van der Waals surface area contributed by atoms with Crippen molar-refractivity contribution in [3.05, 3.63) is 204 Å². The summed E-state index contributed by atoms with van der Waals surface area (Å²) in [6.07, 6.45) is 0. The molecule has 4 nitrogen and oxygen atoms in total. The number of benzene rings is 8. The first-order valence-corrected chi connectivity index (χ1v) is 20.9. The first-order chi connectivity index (χ1) is 29.3. The Balaban J connectivity index is 1.19. The van der Waals surface area contributed by atoms with Gasteiger partial charge in [-0.1, -0.05) is 167 Å². The van der Waals surface area contributed by atoms with Crippen LogP contribution in [0.5, 0.6) is 0 Å². The van der Waals surface area contributed by atoms with E-state index in [4.69, 9.17) is 9.97 Å². The van der Waals surface area contributed by atoms with Gasteiger partial charge in [-0.05, 0) is 87.0 Å². The molecule has 2 aliphatic carbocycles. The van der Waals surface area contributed by atoms with E-state index in [1.165, 1.54) is 55.3 Å². The first kappa shape index (κ1) is 34.7. The van der Waals surface area contributed by atoms with Gasteiger partial charge >= 0.3 is 0 Å². The van der Waals surface area contributed by atoms with Crippen LogP contribution in [0.4, 0.5) is 17.2 Å². The fourth-order valence-electron chi connectivity index (χ4n) is 10.5. The minimum atomic E-state index is -0.178. The second kappa shape index (κ2) is 12.6. The van der Waals surface area contributed by atoms with Crippen LogP contribution < -0.4 is 4.90 Å². The summed E-state index contributed by atoms with van der Waals surface area (Å²) in [7, 11) is 0. The average Bonchev–Trinajstić information content (AvgIpc) is 3.83. The standard InChI is InChI=1S/C56H42N4/c1-55(2)44-27-14-9-24-39(44)52-45(55)28-18-32-50(52)59(48-30-16-11-21-36(48)35-19-6-5-7-20-35)53-40-25-10-15-29-47(40)57-54(58-53)60-49-31-17-12-23-38(49)42-33-41-37-22-8-13-26-43(37)56(3,4)46(41)34-51(42)60/h5-34H,1-4H3. The second-order valence-electron chi connectivity index (χ2n) is 17.4. The number of para-hydroxylation sites is 3. The summed E-state index contributed by atoms with van der Waals surface area (Å²) in [6, 6.07) is 66.1. The zero-order valence-electron chi connectivity index (χ0n) is 34.1. The van der Waals surface area contributed by atoms with E-state index in [9.17, 15) is 0 Å². The molecular weight excluding hydrogens is 729 g/mol. The summed E-state index contributed by atoms with van der Waals surface area (Å²) in [5.41, 5.74) is 17.6. The Morgan fingerprint density at radius 1 is 0.417 bits per heavy atom. The molecule has 0 radical (unpaired) electrons. The molecule has 10 aromatic rings. The molecule has 12 rings (SSSR count). The molecule has 286 valence electrons. The number of hydrogen-bond donors (Lipinski definition) is 0. The van der Waals surface area contributed by atoms with E-state index in [0.717, 1.165) is 50.3 Å². The third kappa shape index (κ3) is 4.79. The maximum Gasteiger partial charge on any atom is 0.237 e. The summed E-state index contributed by atoms with van der Waals surface area (Å²) in [5.74, 6) is 1.47. The maximum absolute atomic E-state index is 5.80. The van der Waals surface area contributed by atoms with Crippen molar-refractivity contribution in [2.75, 3.05) is 4.90 Å². The molecule has 4 heteroatoms. The molecule has 2 aliphatic rings. The van der Waals surface area contributed by atoms with Crippen LogP contribution in [-0.2, 0) is 10.8 Å². The van der Waals surface area contributed by atoms with E-state index in [0.29, 0.717) is 5.95 Å². The molecule has 0 saturated heterocycles. The number of aromatic nitrogens is 3. The van der Waals surface area contributed by atoms with Crippen LogP contribution in [0.2, 0.25) is 0 Å². The zero-order chi connectivity index (χ0) is 40.3. The third-order valence-electron chi connectivity index (χ3n) is 13.4. The molecule has 2 aromatic heterocycles. The molecule has 2 heterocycles. The van der Waals surface area contributed by atoms with Crippen LogP contribution in [-0.4, -0.2) is 14.5 Å². The van der Waals surface area contributed by atoms with Crippen LogP contribution >= 0.6 is 0 Å². The van der Waals surface area contributed by atoms with E-state index in [-0.39, 0.29) is 10.8 Å². The molecule has 0 fully saturated rings. The van der Waals surface area contributed by atoms with Gasteiger partial charge in [0, 0.05) is 38.1 Å². The summed E-state index contributed by atoms with van der Waals surface area (Å²) >= 11 is 0. The monoisotopic (exact) mass is 770 g/mol. The number of hydrogen-bond acceptors (Lipinski definition) is 3. The molecule has 0 bridgehead atoms. The lowest BCUT2D eigenvalue weighted by atomic mass is 9.82. The molecule has 0 aliphatic heterocycles. The highest BCUT2D eigenvalue weighted by Crippen LogP contribution is 2.56. The van der Waals surface area contributed by atoms with Gasteiger partial charge in [-0.2, -0.15) is 4.98 Å². The summed E-state index contributed by atoms with van der Waals surface area (Å²) in [5, 5.41) is 3.36. The summed E-state index contributed by atoms with van der Waals surface area (Å²) in [6.45, 7) is 9.39. The summed E-state index contributed by atoms with van der Waals surface area (Å²) in [4.78, 5) is 13.7. The number of anilines is 3. The number of rotatable bonds is 5. The highest BCUT2D eigenvalue weighted by atomic mass is 15.3. The molecule has 0 N–H and O–H groups in total. The van der Waals surface area contributed by atoms with Crippen LogP contribution in [0.15, 0.2) is 182 Å². The average molecular weight is 771 g/mol. The van der Waals surface area contributed by atoms with Crippen molar-refractivity contribution in [1.29, 1.82) is 0 Å². The van der Waals surface area contributed by atoms with E-state index >= 15 is 0 Å². The Hall–Kier alpha value is -7.30. The van der Waals surface area contributed by atoms with Gasteiger partial charge in [0.25, 0.3) is 0 Å². The Kier molecular flexibility index (Phi) is 7.29. The van der Waals surface area contributed by atoms with Crippen molar-refractivity contribution in [3.8, 4) is 39.3 Å². The van der Waals surface area contributed by atoms with Crippen molar-refractivity contribution < 1.29 is 0 Å². The van der Waals surface area contributed by atoms with Crippen LogP contribution in [0, 0.1) is 0 Å². The molecule has 0 amide bonds. The van der Waals surface area contributed by atoms with Crippen molar-refractivity contribution in [1.82, 2.24) is 14.5 Å². The second-order valence-corrected chi connectivity index (χ2v) is 17.4. The minimum Gasteiger partial charge on any atom is -0.293 e. The van der Waals surface area contributed by atoms with Crippen molar-refractivity contribution in [2.24, 2.45) is 0 Å². The van der Waals surface area contributed by atoms with Gasteiger partial charge in [-0.15, -0.1) is 0 Å². The molecule has 8 aromatic carbocycles. The zero-order valence-corrected chi connectivity index (χ0v) is 34.1. The molecule has 60 heavy (non-hydrogen) atoms. The van der Waals surface area contributed by atoms with Gasteiger partial charge in [0.05, 0.1) is 27.9 Å². The van der Waals surface area contributed by atoms with E-state index in [1.807, 2.05) is 0 Å². The molecule has 0 unspecified atom stereocenters. The van der Waals surface area contributed by atoms with Gasteiger partial charge in [0.15, 0.2) is 5.82 Å². The minimum absolute atomic E-state index is 0.160. The van der Waals surface area contributed by atoms with Crippen molar-refractivity contribution in [3.63, 3.8) is 0 Å². The molecule has 0 spiro atoms. The Morgan fingerprint density at radius 3 is 1.83 bits per heavy atom. The Morgan fingerprint density at radius 2 is 1.02 bits per heavy atom. The normalized spacial score (nSPS) is 14.3. The van der Waals surface area contributed by atoms with Crippen LogP contribution in [0.1, 0.15) is 49.9 Å². The van der Waals surface area contributed by atoms with E-state index in [2.05, 4.69) is 219 Å². The van der Waals surface area contributed by atoms with Gasteiger partial charge in [0.2, 0.25) is 5.95 Å². The van der Waals surface area contributed by atoms with Crippen LogP contribution in [0.3, 0.4) is 0 Å². The largest absolute Gasteiger partial charge is 0.293 e. The topological polar surface area (TPSA) is 34.0 Å². The van der Waals surface area contributed by atoms with Gasteiger partial charge in [0.1, 0.15) is 0 Å². The first-order valence-electron chi connectivity index (χ1n) is 20.9. The summed E-state index contributed by atoms with van der Waals surface area (Å²) < 4.78 is 2.30. The highest BCUT2D eigenvalue weighted by molar-refractivity contribution is 6.12. The van der Waals surface area contributed by atoms with Gasteiger partial charge < -0.3 is 0 Å². The lowest BCUT2D eigenvalue weighted by Crippen LogP contribution is -2.18. The van der Waals surface area contributed by atoms with Gasteiger partial charge in [-0.25, -0.2) is 4.98 Å². The van der Waals surface area contributed by atoms with Crippen molar-refractivity contribution in [2.45, 2.75) is 38.5 Å². The number of fused-ring (bicyclic) bond motifs is 10. The predicted octanol–water partition coefficient (Wildman–Crippen LogP) is 14.5. The van der Waals surface area contributed by atoms with Crippen LogP contribution in [0.25, 0.3) is 72.0 Å². The lowest BCUT2D eigenvalue weighted by molar-refractivity contribution is 0.660. The smallest absolute Gasteiger partial charge is 0.237 e. The quantitative estimate of drug-likeness (QED) is 0.175. The Bertz CT molecular complexity index is 3390. The predicted molar refractivity (Wildman–Crippen MR) is 249 cm³/mol. The van der Waals surface area contributed by atoms with E-state index < -0.39 is 0 Å². The maximum atomic E-state index is 5.80. The third-order valence-corrected chi connectivity index (χ3v) is 13.4. The Labute approximate surface area is 350 Å². The fourth-order valence-corrected chi connectivity index (χ4v) is 10.5. The van der Waals surface area contributed by atoms with Crippen molar-refractivity contribution >= 4 is 49.9 Å². The molecular formula is C56H42N4. The molecule has 0 saturated carbocycles. The highest BCUT2D eigenvalue weighted by Gasteiger charge is 2.39. The van der Waals surface area contributed by atoms with E-state index in [1.54, 1.807) is 0 Å². The SMILES string of the molecule is CC1(C)c2ccccc2-c2cc3c4ccccc4n(-c4nc(N(c5ccccc5-c5ccccc5)c5cccc6c5-c5ccccc5C6(C)C)c5ccccc5n4)c3cc21. The van der Waals surface area contributed by atoms with Gasteiger partial charge in [-0.3, -0.25) is 9.47 Å². The lowest BCUT2D eigenvalue weighted by Gasteiger charge is -2.30. The fraction of sp³-hybridized carbons (Fsp3) is 0.107.